The number of ether oxygens (including phenoxy) is 1. The van der Waals surface area contributed by atoms with Gasteiger partial charge in [-0.2, -0.15) is 0 Å². The van der Waals surface area contributed by atoms with Crippen molar-refractivity contribution in [3.8, 4) is 0 Å². The highest BCUT2D eigenvalue weighted by atomic mass is 16.5. The monoisotopic (exact) mass is 221 g/mol. The summed E-state index contributed by atoms with van der Waals surface area (Å²) in [6.45, 7) is 4.48. The Balaban J connectivity index is 2.18. The standard InChI is InChI=1S/C12H19N3O/c1-9-7-11(10-3-5-16-6-4-10)15-12(14-9)8-13-2/h7,10,13H,3-6,8H2,1-2H3. The van der Waals surface area contributed by atoms with Crippen LogP contribution in [-0.4, -0.2) is 30.2 Å². The molecule has 1 N–H and O–H groups in total. The summed E-state index contributed by atoms with van der Waals surface area (Å²) >= 11 is 0. The Labute approximate surface area is 96.4 Å². The zero-order chi connectivity index (χ0) is 11.4. The highest BCUT2D eigenvalue weighted by Crippen LogP contribution is 2.25. The molecule has 1 saturated heterocycles. The molecule has 0 bridgehead atoms. The van der Waals surface area contributed by atoms with E-state index in [9.17, 15) is 0 Å². The SMILES string of the molecule is CNCc1nc(C)cc(C2CCOCC2)n1. The van der Waals surface area contributed by atoms with E-state index in [1.54, 1.807) is 0 Å². The number of hydrogen-bond donors (Lipinski definition) is 1. The molecule has 2 heterocycles. The maximum Gasteiger partial charge on any atom is 0.142 e. The summed E-state index contributed by atoms with van der Waals surface area (Å²) in [7, 11) is 1.92. The van der Waals surface area contributed by atoms with Crippen LogP contribution in [0.15, 0.2) is 6.07 Å². The number of aryl methyl sites for hydroxylation is 1. The zero-order valence-electron chi connectivity index (χ0n) is 9.99. The number of nitrogens with one attached hydrogen (secondary N) is 1. The third kappa shape index (κ3) is 2.77. The van der Waals surface area contributed by atoms with Crippen LogP contribution in [0.3, 0.4) is 0 Å². The number of hydrogen-bond acceptors (Lipinski definition) is 4. The van der Waals surface area contributed by atoms with Crippen LogP contribution in [0.2, 0.25) is 0 Å². The molecule has 2 rings (SSSR count). The van der Waals surface area contributed by atoms with Gasteiger partial charge in [0.25, 0.3) is 0 Å². The summed E-state index contributed by atoms with van der Waals surface area (Å²) in [6, 6.07) is 2.11. The Hall–Kier alpha value is -1.00. The summed E-state index contributed by atoms with van der Waals surface area (Å²) in [5, 5.41) is 3.09. The minimum Gasteiger partial charge on any atom is -0.381 e. The first-order valence-corrected chi connectivity index (χ1v) is 5.86. The third-order valence-corrected chi connectivity index (χ3v) is 2.89. The molecule has 4 nitrogen and oxygen atoms in total. The Kier molecular flexibility index (Phi) is 3.85. The molecular formula is C12H19N3O. The van der Waals surface area contributed by atoms with Gasteiger partial charge in [0.15, 0.2) is 0 Å². The van der Waals surface area contributed by atoms with E-state index in [2.05, 4.69) is 21.4 Å². The van der Waals surface area contributed by atoms with Crippen molar-refractivity contribution in [2.75, 3.05) is 20.3 Å². The number of nitrogens with zero attached hydrogens (tertiary/aromatic N) is 2. The molecule has 16 heavy (non-hydrogen) atoms. The van der Waals surface area contributed by atoms with Crippen molar-refractivity contribution in [1.29, 1.82) is 0 Å². The Morgan fingerprint density at radius 2 is 2.12 bits per heavy atom. The summed E-state index contributed by atoms with van der Waals surface area (Å²) in [5.74, 6) is 1.44. The molecule has 88 valence electrons. The molecule has 0 saturated carbocycles. The average Bonchev–Trinajstić information content (AvgIpc) is 2.30. The van der Waals surface area contributed by atoms with Gasteiger partial charge in [-0.05, 0) is 32.9 Å². The fraction of sp³-hybridized carbons (Fsp3) is 0.667. The lowest BCUT2D eigenvalue weighted by Crippen LogP contribution is -2.17. The van der Waals surface area contributed by atoms with Crippen LogP contribution in [0, 0.1) is 6.92 Å². The van der Waals surface area contributed by atoms with Gasteiger partial charge in [0.05, 0.1) is 6.54 Å². The molecule has 0 spiro atoms. The van der Waals surface area contributed by atoms with Gasteiger partial charge in [0, 0.05) is 30.5 Å². The second kappa shape index (κ2) is 5.37. The zero-order valence-corrected chi connectivity index (χ0v) is 9.99. The molecule has 1 aliphatic rings. The van der Waals surface area contributed by atoms with Crippen LogP contribution in [0.4, 0.5) is 0 Å². The van der Waals surface area contributed by atoms with Crippen molar-refractivity contribution < 1.29 is 4.74 Å². The molecule has 0 radical (unpaired) electrons. The highest BCUT2D eigenvalue weighted by molar-refractivity contribution is 5.15. The van der Waals surface area contributed by atoms with Gasteiger partial charge < -0.3 is 10.1 Å². The van der Waals surface area contributed by atoms with E-state index in [4.69, 9.17) is 4.74 Å². The maximum absolute atomic E-state index is 5.37. The first-order valence-electron chi connectivity index (χ1n) is 5.86. The molecule has 1 aromatic rings. The van der Waals surface area contributed by atoms with E-state index in [1.165, 1.54) is 5.69 Å². The average molecular weight is 221 g/mol. The first-order chi connectivity index (χ1) is 7.79. The van der Waals surface area contributed by atoms with E-state index < -0.39 is 0 Å². The van der Waals surface area contributed by atoms with Gasteiger partial charge in [0.2, 0.25) is 0 Å². The first kappa shape index (κ1) is 11.5. The molecule has 0 unspecified atom stereocenters. The van der Waals surface area contributed by atoms with Crippen molar-refractivity contribution in [2.45, 2.75) is 32.2 Å². The lowest BCUT2D eigenvalue weighted by molar-refractivity contribution is 0.0844. The van der Waals surface area contributed by atoms with Gasteiger partial charge in [-0.25, -0.2) is 9.97 Å². The van der Waals surface area contributed by atoms with Gasteiger partial charge in [-0.15, -0.1) is 0 Å². The Morgan fingerprint density at radius 1 is 1.38 bits per heavy atom. The van der Waals surface area contributed by atoms with E-state index in [1.807, 2.05) is 14.0 Å². The molecule has 0 atom stereocenters. The van der Waals surface area contributed by atoms with Crippen LogP contribution < -0.4 is 5.32 Å². The summed E-state index contributed by atoms with van der Waals surface area (Å²) in [6.07, 6.45) is 2.16. The van der Waals surface area contributed by atoms with Crippen LogP contribution in [0.5, 0.6) is 0 Å². The second-order valence-corrected chi connectivity index (χ2v) is 4.27. The lowest BCUT2D eigenvalue weighted by Gasteiger charge is -2.22. The van der Waals surface area contributed by atoms with E-state index in [-0.39, 0.29) is 0 Å². The molecule has 0 amide bonds. The molecular weight excluding hydrogens is 202 g/mol. The van der Waals surface area contributed by atoms with E-state index in [0.29, 0.717) is 5.92 Å². The topological polar surface area (TPSA) is 47.0 Å². The smallest absolute Gasteiger partial charge is 0.142 e. The van der Waals surface area contributed by atoms with Gasteiger partial charge in [0.1, 0.15) is 5.82 Å². The predicted octanol–water partition coefficient (Wildman–Crippen LogP) is 1.40. The lowest BCUT2D eigenvalue weighted by atomic mass is 9.96. The summed E-state index contributed by atoms with van der Waals surface area (Å²) < 4.78 is 5.37. The Bertz CT molecular complexity index is 348. The second-order valence-electron chi connectivity index (χ2n) is 4.27. The van der Waals surface area contributed by atoms with E-state index >= 15 is 0 Å². The third-order valence-electron chi connectivity index (χ3n) is 2.89. The fourth-order valence-corrected chi connectivity index (χ4v) is 2.10. The predicted molar refractivity (Wildman–Crippen MR) is 62.3 cm³/mol. The van der Waals surface area contributed by atoms with Crippen LogP contribution >= 0.6 is 0 Å². The molecule has 1 aliphatic heterocycles. The minimum atomic E-state index is 0.547. The fourth-order valence-electron chi connectivity index (χ4n) is 2.10. The largest absolute Gasteiger partial charge is 0.381 e. The van der Waals surface area contributed by atoms with Crippen LogP contribution in [0.25, 0.3) is 0 Å². The van der Waals surface area contributed by atoms with Crippen LogP contribution in [0.1, 0.15) is 36.0 Å². The minimum absolute atomic E-state index is 0.547. The van der Waals surface area contributed by atoms with Crippen molar-refractivity contribution in [3.63, 3.8) is 0 Å². The summed E-state index contributed by atoms with van der Waals surface area (Å²) in [5.41, 5.74) is 2.24. The quantitative estimate of drug-likeness (QED) is 0.838. The van der Waals surface area contributed by atoms with Crippen molar-refractivity contribution >= 4 is 0 Å². The van der Waals surface area contributed by atoms with Gasteiger partial charge >= 0.3 is 0 Å². The van der Waals surface area contributed by atoms with Crippen molar-refractivity contribution in [1.82, 2.24) is 15.3 Å². The van der Waals surface area contributed by atoms with Crippen molar-refractivity contribution in [2.24, 2.45) is 0 Å². The van der Waals surface area contributed by atoms with Crippen molar-refractivity contribution in [3.05, 3.63) is 23.3 Å². The number of rotatable bonds is 3. The molecule has 0 aromatic carbocycles. The molecule has 1 aromatic heterocycles. The highest BCUT2D eigenvalue weighted by Gasteiger charge is 2.18. The summed E-state index contributed by atoms with van der Waals surface area (Å²) in [4.78, 5) is 9.03. The Morgan fingerprint density at radius 3 is 2.81 bits per heavy atom. The van der Waals surface area contributed by atoms with Crippen LogP contribution in [-0.2, 0) is 11.3 Å². The normalized spacial score (nSPS) is 17.6. The molecule has 4 heteroatoms. The molecule has 0 aliphatic carbocycles. The molecule has 1 fully saturated rings. The maximum atomic E-state index is 5.37. The number of aromatic nitrogens is 2. The van der Waals surface area contributed by atoms with E-state index in [0.717, 1.165) is 44.1 Å². The van der Waals surface area contributed by atoms with Gasteiger partial charge in [-0.3, -0.25) is 0 Å². The van der Waals surface area contributed by atoms with Gasteiger partial charge in [-0.1, -0.05) is 0 Å².